The van der Waals surface area contributed by atoms with Gasteiger partial charge in [-0.2, -0.15) is 5.10 Å². The number of aromatic nitrogens is 2. The van der Waals surface area contributed by atoms with Gasteiger partial charge >= 0.3 is 6.36 Å². The van der Waals surface area contributed by atoms with E-state index in [2.05, 4.69) is 15.2 Å². The van der Waals surface area contributed by atoms with Crippen LogP contribution in [0.3, 0.4) is 0 Å². The summed E-state index contributed by atoms with van der Waals surface area (Å²) in [5, 5.41) is 9.30. The highest BCUT2D eigenvalue weighted by molar-refractivity contribution is 7.10. The van der Waals surface area contributed by atoms with Gasteiger partial charge in [-0.05, 0) is 55.6 Å². The van der Waals surface area contributed by atoms with Crippen LogP contribution in [0, 0.1) is 13.8 Å². The second-order valence-electron chi connectivity index (χ2n) is 6.19. The van der Waals surface area contributed by atoms with E-state index >= 15 is 0 Å². The van der Waals surface area contributed by atoms with Gasteiger partial charge in [0.1, 0.15) is 11.8 Å². The molecule has 1 unspecified atom stereocenters. The first-order chi connectivity index (χ1) is 13.2. The third kappa shape index (κ3) is 4.92. The zero-order valence-electron chi connectivity index (χ0n) is 15.2. The largest absolute Gasteiger partial charge is 0.573 e. The van der Waals surface area contributed by atoms with Gasteiger partial charge in [0, 0.05) is 22.7 Å². The molecule has 9 heteroatoms. The highest BCUT2D eigenvalue weighted by atomic mass is 32.1. The Morgan fingerprint density at radius 2 is 1.96 bits per heavy atom. The van der Waals surface area contributed by atoms with Crippen molar-refractivity contribution in [3.8, 4) is 5.75 Å². The molecule has 0 saturated heterocycles. The lowest BCUT2D eigenvalue weighted by atomic mass is 10.2. The molecular weight excluding hydrogens is 391 g/mol. The topological polar surface area (TPSA) is 56.2 Å². The number of thiophene rings is 1. The van der Waals surface area contributed by atoms with Crippen LogP contribution in [0.2, 0.25) is 0 Å². The number of hydrogen-bond acceptors (Lipinski definition) is 4. The quantitative estimate of drug-likeness (QED) is 0.653. The molecule has 5 nitrogen and oxygen atoms in total. The summed E-state index contributed by atoms with van der Waals surface area (Å²) in [7, 11) is 0. The van der Waals surface area contributed by atoms with E-state index in [1.807, 2.05) is 42.1 Å². The first kappa shape index (κ1) is 19.9. The van der Waals surface area contributed by atoms with Crippen molar-refractivity contribution in [2.75, 3.05) is 6.54 Å². The van der Waals surface area contributed by atoms with Gasteiger partial charge in [0.05, 0.1) is 5.69 Å². The maximum Gasteiger partial charge on any atom is 0.573 e. The number of nitrogens with zero attached hydrogens (tertiary/aromatic N) is 2. The minimum absolute atomic E-state index is 0.175. The number of halogens is 3. The summed E-state index contributed by atoms with van der Waals surface area (Å²) < 4.78 is 42.4. The van der Waals surface area contributed by atoms with Gasteiger partial charge in [0.25, 0.3) is 5.91 Å². The zero-order chi connectivity index (χ0) is 20.3. The maximum absolute atomic E-state index is 12.4. The van der Waals surface area contributed by atoms with Crippen molar-refractivity contribution in [3.63, 3.8) is 0 Å². The molecule has 0 fully saturated rings. The van der Waals surface area contributed by atoms with Crippen molar-refractivity contribution in [2.24, 2.45) is 0 Å². The number of carbonyl (C=O) groups is 1. The number of carbonyl (C=O) groups excluding carboxylic acids is 1. The third-order valence-corrected chi connectivity index (χ3v) is 4.99. The number of ether oxygens (including phenoxy) is 1. The van der Waals surface area contributed by atoms with Crippen LogP contribution in [-0.2, 0) is 0 Å². The van der Waals surface area contributed by atoms with Crippen LogP contribution < -0.4 is 10.1 Å². The Morgan fingerprint density at radius 3 is 2.50 bits per heavy atom. The van der Waals surface area contributed by atoms with E-state index in [1.165, 1.54) is 12.1 Å². The lowest BCUT2D eigenvalue weighted by Gasteiger charge is -2.19. The first-order valence-corrected chi connectivity index (χ1v) is 9.31. The number of aryl methyl sites for hydroxylation is 2. The normalized spacial score (nSPS) is 12.6. The standard InChI is InChI=1S/C19H18F3N3O2S/c1-12-10-13(2)25(24-12)16(17-4-3-9-28-17)11-23-18(26)14-5-7-15(8-6-14)27-19(20,21)22/h3-10,16H,11H2,1-2H3,(H,23,26). The molecule has 0 aliphatic carbocycles. The number of benzene rings is 1. The molecule has 28 heavy (non-hydrogen) atoms. The predicted octanol–water partition coefficient (Wildman–Crippen LogP) is 4.48. The van der Waals surface area contributed by atoms with Gasteiger partial charge in [-0.3, -0.25) is 9.48 Å². The molecule has 0 saturated carbocycles. The van der Waals surface area contributed by atoms with Gasteiger partial charge in [0.15, 0.2) is 0 Å². The molecule has 3 rings (SSSR count). The average molecular weight is 409 g/mol. The minimum atomic E-state index is -4.77. The molecule has 2 heterocycles. The van der Waals surface area contributed by atoms with E-state index in [0.717, 1.165) is 28.4 Å². The van der Waals surface area contributed by atoms with Crippen LogP contribution >= 0.6 is 11.3 Å². The van der Waals surface area contributed by atoms with Crippen molar-refractivity contribution in [1.29, 1.82) is 0 Å². The van der Waals surface area contributed by atoms with Crippen molar-refractivity contribution >= 4 is 17.2 Å². The van der Waals surface area contributed by atoms with E-state index in [0.29, 0.717) is 6.54 Å². The number of nitrogens with one attached hydrogen (secondary N) is 1. The number of alkyl halides is 3. The molecular formula is C19H18F3N3O2S. The van der Waals surface area contributed by atoms with Crippen LogP contribution in [0.1, 0.15) is 32.7 Å². The minimum Gasteiger partial charge on any atom is -0.406 e. The predicted molar refractivity (Wildman–Crippen MR) is 99.6 cm³/mol. The number of rotatable bonds is 6. The SMILES string of the molecule is Cc1cc(C)n(C(CNC(=O)c2ccc(OC(F)(F)F)cc2)c2cccs2)n1. The van der Waals surface area contributed by atoms with Crippen LogP contribution in [0.5, 0.6) is 5.75 Å². The van der Waals surface area contributed by atoms with Gasteiger partial charge in [-0.25, -0.2) is 0 Å². The Hall–Kier alpha value is -2.81. The molecule has 0 bridgehead atoms. The Bertz CT molecular complexity index is 934. The van der Waals surface area contributed by atoms with Crippen LogP contribution in [0.15, 0.2) is 47.8 Å². The zero-order valence-corrected chi connectivity index (χ0v) is 16.0. The van der Waals surface area contributed by atoms with E-state index in [9.17, 15) is 18.0 Å². The fourth-order valence-electron chi connectivity index (χ4n) is 2.85. The van der Waals surface area contributed by atoms with E-state index in [4.69, 9.17) is 0 Å². The molecule has 148 valence electrons. The summed E-state index contributed by atoms with van der Waals surface area (Å²) in [6.07, 6.45) is -4.77. The summed E-state index contributed by atoms with van der Waals surface area (Å²) in [5.74, 6) is -0.759. The first-order valence-electron chi connectivity index (χ1n) is 8.43. The highest BCUT2D eigenvalue weighted by Crippen LogP contribution is 2.25. The second-order valence-corrected chi connectivity index (χ2v) is 7.16. The summed E-state index contributed by atoms with van der Waals surface area (Å²) >= 11 is 1.56. The van der Waals surface area contributed by atoms with Crippen LogP contribution in [0.4, 0.5) is 13.2 Å². The van der Waals surface area contributed by atoms with Gasteiger partial charge in [-0.15, -0.1) is 24.5 Å². The van der Waals surface area contributed by atoms with Crippen molar-refractivity contribution < 1.29 is 22.7 Å². The Kier molecular flexibility index (Phi) is 5.73. The molecule has 0 aliphatic heterocycles. The molecule has 1 aromatic carbocycles. The number of amides is 1. The smallest absolute Gasteiger partial charge is 0.406 e. The van der Waals surface area contributed by atoms with E-state index < -0.39 is 6.36 Å². The summed E-state index contributed by atoms with van der Waals surface area (Å²) in [5.41, 5.74) is 2.09. The summed E-state index contributed by atoms with van der Waals surface area (Å²) in [6, 6.07) is 10.5. The van der Waals surface area contributed by atoms with Crippen LogP contribution in [-0.4, -0.2) is 28.6 Å². The highest BCUT2D eigenvalue weighted by Gasteiger charge is 2.31. The molecule has 1 atom stereocenters. The molecule has 1 amide bonds. The lowest BCUT2D eigenvalue weighted by molar-refractivity contribution is -0.274. The molecule has 0 radical (unpaired) electrons. The molecule has 2 aromatic heterocycles. The Balaban J connectivity index is 1.71. The van der Waals surface area contributed by atoms with E-state index in [1.54, 1.807) is 11.3 Å². The summed E-state index contributed by atoms with van der Waals surface area (Å²) in [6.45, 7) is 4.14. The van der Waals surface area contributed by atoms with E-state index in [-0.39, 0.29) is 23.3 Å². The third-order valence-electron chi connectivity index (χ3n) is 4.02. The van der Waals surface area contributed by atoms with Gasteiger partial charge in [-0.1, -0.05) is 6.07 Å². The van der Waals surface area contributed by atoms with Crippen molar-refractivity contribution in [2.45, 2.75) is 26.3 Å². The molecule has 1 N–H and O–H groups in total. The second kappa shape index (κ2) is 8.05. The van der Waals surface area contributed by atoms with Gasteiger partial charge in [0.2, 0.25) is 0 Å². The lowest BCUT2D eigenvalue weighted by Crippen LogP contribution is -2.31. The summed E-state index contributed by atoms with van der Waals surface area (Å²) in [4.78, 5) is 13.5. The molecule has 0 spiro atoms. The van der Waals surface area contributed by atoms with Crippen molar-refractivity contribution in [1.82, 2.24) is 15.1 Å². The molecule has 0 aliphatic rings. The Morgan fingerprint density at radius 1 is 1.25 bits per heavy atom. The fourth-order valence-corrected chi connectivity index (χ4v) is 3.66. The number of hydrogen-bond donors (Lipinski definition) is 1. The fraction of sp³-hybridized carbons (Fsp3) is 0.263. The molecule has 3 aromatic rings. The van der Waals surface area contributed by atoms with Crippen molar-refractivity contribution in [3.05, 3.63) is 69.7 Å². The Labute approximate surface area is 163 Å². The van der Waals surface area contributed by atoms with Crippen LogP contribution in [0.25, 0.3) is 0 Å². The monoisotopic (exact) mass is 409 g/mol. The average Bonchev–Trinajstić information content (AvgIpc) is 3.24. The van der Waals surface area contributed by atoms with Gasteiger partial charge < -0.3 is 10.1 Å². The maximum atomic E-state index is 12.4.